The van der Waals surface area contributed by atoms with E-state index in [1.54, 1.807) is 4.57 Å². The average molecular weight is 406 g/mol. The Bertz CT molecular complexity index is 852. The third-order valence-electron chi connectivity index (χ3n) is 5.75. The summed E-state index contributed by atoms with van der Waals surface area (Å²) >= 11 is 0. The Kier molecular flexibility index (Phi) is 7.13. The summed E-state index contributed by atoms with van der Waals surface area (Å²) < 4.78 is 7.35. The fourth-order valence-corrected chi connectivity index (χ4v) is 3.66. The van der Waals surface area contributed by atoms with Crippen molar-refractivity contribution < 1.29 is 4.74 Å². The van der Waals surface area contributed by atoms with E-state index in [9.17, 15) is 4.79 Å². The summed E-state index contributed by atoms with van der Waals surface area (Å²) in [5.74, 6) is 0.243. The first-order chi connectivity index (χ1) is 13.9. The number of aromatic nitrogens is 4. The van der Waals surface area contributed by atoms with Crippen molar-refractivity contribution >= 4 is 17.0 Å². The van der Waals surface area contributed by atoms with Crippen LogP contribution in [0, 0.1) is 0 Å². The number of aromatic amines is 1. The predicted molar refractivity (Wildman–Crippen MR) is 115 cm³/mol. The van der Waals surface area contributed by atoms with Gasteiger partial charge in [0.15, 0.2) is 11.5 Å². The van der Waals surface area contributed by atoms with Crippen LogP contribution in [0.1, 0.15) is 47.0 Å². The fraction of sp³-hybridized carbons (Fsp3) is 0.750. The molecule has 3 N–H and O–H groups in total. The lowest BCUT2D eigenvalue weighted by molar-refractivity contribution is 0.107. The highest BCUT2D eigenvalue weighted by atomic mass is 16.5. The lowest BCUT2D eigenvalue weighted by Crippen LogP contribution is -2.48. The van der Waals surface area contributed by atoms with Gasteiger partial charge in [0.2, 0.25) is 0 Å². The summed E-state index contributed by atoms with van der Waals surface area (Å²) in [5.41, 5.74) is 6.82. The second-order valence-corrected chi connectivity index (χ2v) is 8.19. The van der Waals surface area contributed by atoms with Gasteiger partial charge in [0.1, 0.15) is 5.52 Å². The molecule has 9 heteroatoms. The van der Waals surface area contributed by atoms with Crippen molar-refractivity contribution in [3.63, 3.8) is 0 Å². The molecule has 0 unspecified atom stereocenters. The number of unbranched alkanes of at least 4 members (excludes halogenated alkanes) is 1. The summed E-state index contributed by atoms with van der Waals surface area (Å²) in [4.78, 5) is 28.8. The van der Waals surface area contributed by atoms with Crippen molar-refractivity contribution in [1.82, 2.24) is 29.3 Å². The van der Waals surface area contributed by atoms with Gasteiger partial charge in [0, 0.05) is 38.8 Å². The molecule has 0 spiro atoms. The van der Waals surface area contributed by atoms with E-state index >= 15 is 0 Å². The van der Waals surface area contributed by atoms with Crippen molar-refractivity contribution in [2.45, 2.75) is 65.6 Å². The van der Waals surface area contributed by atoms with E-state index in [1.807, 2.05) is 13.8 Å². The Labute approximate surface area is 172 Å². The topological polar surface area (TPSA) is 105 Å². The van der Waals surface area contributed by atoms with Gasteiger partial charge in [-0.25, -0.2) is 4.79 Å². The highest BCUT2D eigenvalue weighted by molar-refractivity contribution is 5.81. The monoisotopic (exact) mass is 405 g/mol. The zero-order valence-corrected chi connectivity index (χ0v) is 18.1. The van der Waals surface area contributed by atoms with E-state index in [0.717, 1.165) is 52.0 Å². The SMILES string of the molecule is CC[C@H](C)Oc1nc(N)c2[nH]c(=O)n(CCCCN3CCN(C(C)C)CC3)c2n1. The molecule has 1 fully saturated rings. The molecular weight excluding hydrogens is 370 g/mol. The summed E-state index contributed by atoms with van der Waals surface area (Å²) in [6.45, 7) is 14.7. The molecule has 1 atom stereocenters. The van der Waals surface area contributed by atoms with Gasteiger partial charge in [-0.1, -0.05) is 6.92 Å². The maximum absolute atomic E-state index is 12.4. The second-order valence-electron chi connectivity index (χ2n) is 8.19. The zero-order chi connectivity index (χ0) is 21.0. The van der Waals surface area contributed by atoms with E-state index in [-0.39, 0.29) is 23.6 Å². The van der Waals surface area contributed by atoms with Crippen LogP contribution in [-0.4, -0.2) is 74.2 Å². The number of anilines is 1. The van der Waals surface area contributed by atoms with Crippen LogP contribution in [-0.2, 0) is 6.54 Å². The number of nitrogens with zero attached hydrogens (tertiary/aromatic N) is 5. The number of fused-ring (bicyclic) bond motifs is 1. The number of H-pyrrole nitrogens is 1. The highest BCUT2D eigenvalue weighted by Crippen LogP contribution is 2.19. The molecule has 0 radical (unpaired) electrons. The number of nitrogen functional groups attached to an aromatic ring is 1. The number of piperazine rings is 1. The third-order valence-corrected chi connectivity index (χ3v) is 5.75. The number of ether oxygens (including phenoxy) is 1. The molecule has 2 aromatic rings. The smallest absolute Gasteiger partial charge is 0.327 e. The van der Waals surface area contributed by atoms with E-state index in [0.29, 0.717) is 23.8 Å². The van der Waals surface area contributed by atoms with Crippen LogP contribution >= 0.6 is 0 Å². The maximum atomic E-state index is 12.4. The van der Waals surface area contributed by atoms with Gasteiger partial charge in [-0.2, -0.15) is 9.97 Å². The standard InChI is InChI=1S/C20H35N7O2/c1-5-15(4)29-19-23-17(21)16-18(24-19)27(20(28)22-16)9-7-6-8-25-10-12-26(13-11-25)14(2)3/h14-15H,5-13H2,1-4H3,(H,22,28)(H2,21,23,24)/t15-/m0/s1. The molecule has 1 aliphatic heterocycles. The van der Waals surface area contributed by atoms with Crippen molar-refractivity contribution in [2.75, 3.05) is 38.5 Å². The molecule has 2 aromatic heterocycles. The Morgan fingerprint density at radius 1 is 1.10 bits per heavy atom. The lowest BCUT2D eigenvalue weighted by Gasteiger charge is -2.36. The average Bonchev–Trinajstić information content (AvgIpc) is 3.01. The Balaban J connectivity index is 1.58. The van der Waals surface area contributed by atoms with E-state index < -0.39 is 0 Å². The fourth-order valence-electron chi connectivity index (χ4n) is 3.66. The number of nitrogens with one attached hydrogen (secondary N) is 1. The second kappa shape index (κ2) is 9.58. The number of aryl methyl sites for hydroxylation is 1. The first kappa shape index (κ1) is 21.6. The van der Waals surface area contributed by atoms with Gasteiger partial charge in [-0.05, 0) is 46.6 Å². The van der Waals surface area contributed by atoms with Crippen molar-refractivity contribution in [3.8, 4) is 6.01 Å². The van der Waals surface area contributed by atoms with Gasteiger partial charge < -0.3 is 20.4 Å². The van der Waals surface area contributed by atoms with Gasteiger partial charge >= 0.3 is 11.7 Å². The van der Waals surface area contributed by atoms with E-state index in [2.05, 4.69) is 38.6 Å². The Morgan fingerprint density at radius 3 is 2.45 bits per heavy atom. The minimum Gasteiger partial charge on any atom is -0.460 e. The third kappa shape index (κ3) is 5.27. The van der Waals surface area contributed by atoms with Gasteiger partial charge in [0.25, 0.3) is 0 Å². The summed E-state index contributed by atoms with van der Waals surface area (Å²) in [5, 5.41) is 0. The van der Waals surface area contributed by atoms with Gasteiger partial charge in [0.05, 0.1) is 6.10 Å². The molecule has 0 bridgehead atoms. The van der Waals surface area contributed by atoms with Crippen LogP contribution in [0.25, 0.3) is 11.2 Å². The number of nitrogens with two attached hydrogens (primary N) is 1. The molecular formula is C20H35N7O2. The van der Waals surface area contributed by atoms with Crippen molar-refractivity contribution in [3.05, 3.63) is 10.5 Å². The molecule has 162 valence electrons. The zero-order valence-electron chi connectivity index (χ0n) is 18.1. The molecule has 0 aliphatic carbocycles. The van der Waals surface area contributed by atoms with Crippen LogP contribution in [0.15, 0.2) is 4.79 Å². The number of imidazole rings is 1. The maximum Gasteiger partial charge on any atom is 0.327 e. The van der Waals surface area contributed by atoms with Gasteiger partial charge in [-0.15, -0.1) is 0 Å². The number of hydrogen-bond donors (Lipinski definition) is 2. The Hall–Kier alpha value is -2.13. The van der Waals surface area contributed by atoms with Crippen LogP contribution in [0.3, 0.4) is 0 Å². The first-order valence-electron chi connectivity index (χ1n) is 10.8. The lowest BCUT2D eigenvalue weighted by atomic mass is 10.2. The van der Waals surface area contributed by atoms with E-state index in [4.69, 9.17) is 10.5 Å². The minimum atomic E-state index is -0.202. The van der Waals surface area contributed by atoms with Crippen LogP contribution in [0.2, 0.25) is 0 Å². The molecule has 3 rings (SSSR count). The van der Waals surface area contributed by atoms with Crippen LogP contribution in [0.4, 0.5) is 5.82 Å². The number of rotatable bonds is 9. The van der Waals surface area contributed by atoms with Gasteiger partial charge in [-0.3, -0.25) is 9.47 Å². The summed E-state index contributed by atoms with van der Waals surface area (Å²) in [6.07, 6.45) is 2.77. The quantitative estimate of drug-likeness (QED) is 0.612. The molecule has 29 heavy (non-hydrogen) atoms. The largest absolute Gasteiger partial charge is 0.460 e. The first-order valence-corrected chi connectivity index (χ1v) is 10.8. The molecule has 0 aromatic carbocycles. The van der Waals surface area contributed by atoms with Crippen molar-refractivity contribution in [2.24, 2.45) is 0 Å². The summed E-state index contributed by atoms with van der Waals surface area (Å²) in [7, 11) is 0. The van der Waals surface area contributed by atoms with E-state index in [1.165, 1.54) is 0 Å². The van der Waals surface area contributed by atoms with Crippen molar-refractivity contribution in [1.29, 1.82) is 0 Å². The highest BCUT2D eigenvalue weighted by Gasteiger charge is 2.19. The predicted octanol–water partition coefficient (Wildman–Crippen LogP) is 1.69. The Morgan fingerprint density at radius 2 is 1.79 bits per heavy atom. The minimum absolute atomic E-state index is 0.0119. The normalized spacial score (nSPS) is 17.3. The summed E-state index contributed by atoms with van der Waals surface area (Å²) in [6, 6.07) is 0.842. The van der Waals surface area contributed by atoms with Crippen LogP contribution in [0.5, 0.6) is 6.01 Å². The molecule has 1 saturated heterocycles. The molecule has 9 nitrogen and oxygen atoms in total. The molecule has 0 saturated carbocycles. The molecule has 0 amide bonds. The molecule has 3 heterocycles. The molecule has 1 aliphatic rings. The number of hydrogen-bond acceptors (Lipinski definition) is 7. The van der Waals surface area contributed by atoms with Crippen LogP contribution < -0.4 is 16.2 Å².